The first kappa shape index (κ1) is 14.0. The van der Waals surface area contributed by atoms with Gasteiger partial charge in [0.15, 0.2) is 0 Å². The van der Waals surface area contributed by atoms with Gasteiger partial charge in [-0.05, 0) is 32.2 Å². The number of carboxylic acids is 1. The molecule has 5 heteroatoms. The number of rotatable bonds is 6. The molecule has 0 radical (unpaired) electrons. The molecule has 5 nitrogen and oxygen atoms in total. The van der Waals surface area contributed by atoms with Gasteiger partial charge in [0.25, 0.3) is 0 Å². The first-order valence-electron chi connectivity index (χ1n) is 6.23. The van der Waals surface area contributed by atoms with Crippen LogP contribution in [-0.4, -0.2) is 35.6 Å². The maximum Gasteiger partial charge on any atom is 0.303 e. The smallest absolute Gasteiger partial charge is 0.303 e. The third kappa shape index (κ3) is 4.00. The lowest BCUT2D eigenvalue weighted by Gasteiger charge is -2.24. The fourth-order valence-corrected chi connectivity index (χ4v) is 2.13. The lowest BCUT2D eigenvalue weighted by molar-refractivity contribution is -0.138. The van der Waals surface area contributed by atoms with Gasteiger partial charge in [0.05, 0.1) is 5.54 Å². The minimum atomic E-state index is -0.809. The molecule has 0 aromatic rings. The number of carbonyl (C=O) groups is 2. The first-order valence-corrected chi connectivity index (χ1v) is 6.23. The van der Waals surface area contributed by atoms with Gasteiger partial charge in [-0.15, -0.1) is 0 Å². The van der Waals surface area contributed by atoms with Crippen molar-refractivity contribution in [2.75, 3.05) is 13.1 Å². The minimum absolute atomic E-state index is 0.0150. The monoisotopic (exact) mass is 242 g/mol. The van der Waals surface area contributed by atoms with Gasteiger partial charge in [-0.25, -0.2) is 0 Å². The Morgan fingerprint density at radius 1 is 1.53 bits per heavy atom. The van der Waals surface area contributed by atoms with Gasteiger partial charge in [0, 0.05) is 13.0 Å². The maximum absolute atomic E-state index is 12.0. The predicted octanol–water partition coefficient (Wildman–Crippen LogP) is 0.746. The quantitative estimate of drug-likeness (QED) is 0.642. The summed E-state index contributed by atoms with van der Waals surface area (Å²) in [5.74, 6) is -0.809. The molecule has 1 rings (SSSR count). The lowest BCUT2D eigenvalue weighted by Crippen LogP contribution is -2.52. The summed E-state index contributed by atoms with van der Waals surface area (Å²) in [6, 6.07) is 0. The van der Waals surface area contributed by atoms with Crippen LogP contribution in [0.15, 0.2) is 0 Å². The van der Waals surface area contributed by atoms with Gasteiger partial charge in [-0.3, -0.25) is 9.59 Å². The lowest BCUT2D eigenvalue weighted by atomic mass is 9.98. The van der Waals surface area contributed by atoms with E-state index in [1.165, 1.54) is 0 Å². The molecule has 0 aromatic heterocycles. The number of carbonyl (C=O) groups excluding carboxylic acids is 1. The van der Waals surface area contributed by atoms with E-state index in [0.29, 0.717) is 6.54 Å². The molecule has 0 bridgehead atoms. The molecule has 1 fully saturated rings. The second-order valence-corrected chi connectivity index (χ2v) is 4.94. The van der Waals surface area contributed by atoms with Crippen LogP contribution < -0.4 is 10.6 Å². The van der Waals surface area contributed by atoms with Crippen LogP contribution in [0.5, 0.6) is 0 Å². The second-order valence-electron chi connectivity index (χ2n) is 4.94. The molecule has 98 valence electrons. The SMILES string of the molecule is CCC(CNC(=O)C1(C)CCCN1)CC(=O)O. The van der Waals surface area contributed by atoms with Gasteiger partial charge in [-0.2, -0.15) is 0 Å². The van der Waals surface area contributed by atoms with E-state index in [1.54, 1.807) is 0 Å². The number of hydrogen-bond acceptors (Lipinski definition) is 3. The van der Waals surface area contributed by atoms with Crippen molar-refractivity contribution in [1.29, 1.82) is 0 Å². The van der Waals surface area contributed by atoms with Crippen molar-refractivity contribution in [3.8, 4) is 0 Å². The molecule has 1 amide bonds. The molecule has 0 aromatic carbocycles. The molecule has 0 aliphatic carbocycles. The van der Waals surface area contributed by atoms with Crippen LogP contribution in [0.1, 0.15) is 39.5 Å². The largest absolute Gasteiger partial charge is 0.481 e. The van der Waals surface area contributed by atoms with E-state index in [-0.39, 0.29) is 18.2 Å². The Hall–Kier alpha value is -1.10. The average molecular weight is 242 g/mol. The van der Waals surface area contributed by atoms with Gasteiger partial charge >= 0.3 is 5.97 Å². The summed E-state index contributed by atoms with van der Waals surface area (Å²) < 4.78 is 0. The Morgan fingerprint density at radius 2 is 2.24 bits per heavy atom. The van der Waals surface area contributed by atoms with E-state index >= 15 is 0 Å². The van der Waals surface area contributed by atoms with Crippen LogP contribution in [0.25, 0.3) is 0 Å². The summed E-state index contributed by atoms with van der Waals surface area (Å²) in [7, 11) is 0. The first-order chi connectivity index (χ1) is 7.98. The van der Waals surface area contributed by atoms with Gasteiger partial charge < -0.3 is 15.7 Å². The molecule has 0 saturated carbocycles. The molecule has 0 spiro atoms. The topological polar surface area (TPSA) is 78.4 Å². The van der Waals surface area contributed by atoms with E-state index < -0.39 is 11.5 Å². The summed E-state index contributed by atoms with van der Waals surface area (Å²) in [6.45, 7) is 5.15. The van der Waals surface area contributed by atoms with E-state index in [9.17, 15) is 9.59 Å². The number of aliphatic carboxylic acids is 1. The van der Waals surface area contributed by atoms with Crippen molar-refractivity contribution in [2.45, 2.75) is 45.1 Å². The summed E-state index contributed by atoms with van der Waals surface area (Å²) in [5.41, 5.74) is -0.471. The van der Waals surface area contributed by atoms with E-state index in [1.807, 2.05) is 13.8 Å². The Kier molecular flexibility index (Phi) is 4.93. The third-order valence-corrected chi connectivity index (χ3v) is 3.46. The molecule has 1 saturated heterocycles. The van der Waals surface area contributed by atoms with Crippen LogP contribution in [0.4, 0.5) is 0 Å². The van der Waals surface area contributed by atoms with E-state index in [2.05, 4.69) is 10.6 Å². The highest BCUT2D eigenvalue weighted by Crippen LogP contribution is 2.18. The highest BCUT2D eigenvalue weighted by atomic mass is 16.4. The maximum atomic E-state index is 12.0. The van der Waals surface area contributed by atoms with Gasteiger partial charge in [0.2, 0.25) is 5.91 Å². The highest BCUT2D eigenvalue weighted by Gasteiger charge is 2.35. The van der Waals surface area contributed by atoms with Crippen molar-refractivity contribution in [2.24, 2.45) is 5.92 Å². The fourth-order valence-electron chi connectivity index (χ4n) is 2.13. The van der Waals surface area contributed by atoms with Crippen LogP contribution >= 0.6 is 0 Å². The fraction of sp³-hybridized carbons (Fsp3) is 0.833. The Morgan fingerprint density at radius 3 is 2.71 bits per heavy atom. The van der Waals surface area contributed by atoms with Crippen molar-refractivity contribution < 1.29 is 14.7 Å². The molecule has 1 aliphatic heterocycles. The van der Waals surface area contributed by atoms with Crippen molar-refractivity contribution in [1.82, 2.24) is 10.6 Å². The summed E-state index contributed by atoms with van der Waals surface area (Å²) in [4.78, 5) is 22.6. The Balaban J connectivity index is 2.38. The summed E-state index contributed by atoms with van der Waals surface area (Å²) in [5, 5.41) is 14.8. The Bertz CT molecular complexity index is 285. The highest BCUT2D eigenvalue weighted by molar-refractivity contribution is 5.86. The van der Waals surface area contributed by atoms with Crippen molar-refractivity contribution in [3.05, 3.63) is 0 Å². The number of hydrogen-bond donors (Lipinski definition) is 3. The van der Waals surface area contributed by atoms with Crippen LogP contribution in [0.2, 0.25) is 0 Å². The van der Waals surface area contributed by atoms with E-state index in [0.717, 1.165) is 25.8 Å². The zero-order chi connectivity index (χ0) is 12.9. The van der Waals surface area contributed by atoms with Crippen molar-refractivity contribution >= 4 is 11.9 Å². The van der Waals surface area contributed by atoms with Gasteiger partial charge in [0.1, 0.15) is 0 Å². The van der Waals surface area contributed by atoms with Crippen molar-refractivity contribution in [3.63, 3.8) is 0 Å². The average Bonchev–Trinajstić information content (AvgIpc) is 2.71. The van der Waals surface area contributed by atoms with Crippen LogP contribution in [-0.2, 0) is 9.59 Å². The summed E-state index contributed by atoms with van der Waals surface area (Å²) >= 11 is 0. The van der Waals surface area contributed by atoms with Crippen LogP contribution in [0, 0.1) is 5.92 Å². The molecule has 17 heavy (non-hydrogen) atoms. The molecule has 3 N–H and O–H groups in total. The molecular formula is C12H22N2O3. The van der Waals surface area contributed by atoms with Crippen LogP contribution in [0.3, 0.4) is 0 Å². The predicted molar refractivity (Wildman–Crippen MR) is 64.7 cm³/mol. The zero-order valence-corrected chi connectivity index (χ0v) is 10.6. The standard InChI is InChI=1S/C12H22N2O3/c1-3-9(7-10(15)16)8-13-11(17)12(2)5-4-6-14-12/h9,14H,3-8H2,1-2H3,(H,13,17)(H,15,16). The zero-order valence-electron chi connectivity index (χ0n) is 10.6. The molecular weight excluding hydrogens is 220 g/mol. The second kappa shape index (κ2) is 6.00. The normalized spacial score (nSPS) is 25.5. The van der Waals surface area contributed by atoms with Gasteiger partial charge in [-0.1, -0.05) is 13.3 Å². The Labute approximate surface area is 102 Å². The number of amides is 1. The minimum Gasteiger partial charge on any atom is -0.481 e. The molecule has 1 heterocycles. The molecule has 1 aliphatic rings. The number of nitrogens with one attached hydrogen (secondary N) is 2. The molecule has 2 unspecified atom stereocenters. The molecule has 2 atom stereocenters. The summed E-state index contributed by atoms with van der Waals surface area (Å²) in [6.07, 6.45) is 2.72. The third-order valence-electron chi connectivity index (χ3n) is 3.46. The number of carboxylic acid groups (broad SMARTS) is 1. The van der Waals surface area contributed by atoms with E-state index in [4.69, 9.17) is 5.11 Å².